The smallest absolute Gasteiger partial charge is 0.267 e. The summed E-state index contributed by atoms with van der Waals surface area (Å²) in [5, 5.41) is 6.34. The van der Waals surface area contributed by atoms with E-state index in [1.54, 1.807) is 48.8 Å². The lowest BCUT2D eigenvalue weighted by Gasteiger charge is -2.29. The molecule has 2 atom stereocenters. The van der Waals surface area contributed by atoms with E-state index < -0.39 is 0 Å². The second-order valence-corrected chi connectivity index (χ2v) is 8.09. The Hall–Kier alpha value is -3.67. The molecule has 4 nitrogen and oxygen atoms in total. The van der Waals surface area contributed by atoms with Crippen molar-refractivity contribution in [1.29, 1.82) is 0 Å². The number of rotatable bonds is 3. The summed E-state index contributed by atoms with van der Waals surface area (Å²) < 4.78 is 26.9. The van der Waals surface area contributed by atoms with E-state index in [9.17, 15) is 13.6 Å². The van der Waals surface area contributed by atoms with Gasteiger partial charge in [-0.1, -0.05) is 24.3 Å². The van der Waals surface area contributed by atoms with E-state index in [1.165, 1.54) is 29.3 Å². The molecule has 1 aromatic heterocycles. The van der Waals surface area contributed by atoms with E-state index in [0.717, 1.165) is 41.7 Å². The molecule has 0 spiro atoms. The number of aromatic nitrogens is 1. The van der Waals surface area contributed by atoms with Crippen molar-refractivity contribution in [2.24, 2.45) is 11.0 Å². The molecule has 0 unspecified atom stereocenters. The van der Waals surface area contributed by atoms with E-state index in [4.69, 9.17) is 5.10 Å². The van der Waals surface area contributed by atoms with E-state index in [0.29, 0.717) is 5.56 Å². The average Bonchev–Trinajstić information content (AvgIpc) is 3.22. The van der Waals surface area contributed by atoms with Crippen molar-refractivity contribution < 1.29 is 13.6 Å². The summed E-state index contributed by atoms with van der Waals surface area (Å²) in [5.41, 5.74) is 4.16. The molecule has 1 saturated carbocycles. The highest BCUT2D eigenvalue weighted by molar-refractivity contribution is 6.09. The van der Waals surface area contributed by atoms with Gasteiger partial charge < -0.3 is 0 Å². The third-order valence-electron chi connectivity index (χ3n) is 6.06. The van der Waals surface area contributed by atoms with Crippen molar-refractivity contribution in [3.63, 3.8) is 0 Å². The van der Waals surface area contributed by atoms with Gasteiger partial charge in [-0.3, -0.25) is 9.78 Å². The number of hydrazone groups is 1. The van der Waals surface area contributed by atoms with Gasteiger partial charge in [-0.25, -0.2) is 13.8 Å². The Bertz CT molecular complexity index is 1190. The molecule has 160 valence electrons. The third-order valence-corrected chi connectivity index (χ3v) is 6.06. The number of nitrogens with zero attached hydrogens (tertiary/aromatic N) is 3. The second-order valence-electron chi connectivity index (χ2n) is 8.09. The van der Waals surface area contributed by atoms with Crippen molar-refractivity contribution >= 4 is 17.7 Å². The Balaban J connectivity index is 1.57. The van der Waals surface area contributed by atoms with Crippen LogP contribution in [-0.2, 0) is 0 Å². The number of carbonyl (C=O) groups is 1. The summed E-state index contributed by atoms with van der Waals surface area (Å²) >= 11 is 0. The van der Waals surface area contributed by atoms with Gasteiger partial charge in [-0.2, -0.15) is 5.10 Å². The van der Waals surface area contributed by atoms with Crippen LogP contribution in [0, 0.1) is 17.6 Å². The molecule has 1 fully saturated rings. The van der Waals surface area contributed by atoms with Crippen LogP contribution in [0.2, 0.25) is 0 Å². The van der Waals surface area contributed by atoms with Gasteiger partial charge in [0.2, 0.25) is 0 Å². The fourth-order valence-corrected chi connectivity index (χ4v) is 4.55. The first-order chi connectivity index (χ1) is 15.6. The molecule has 1 aliphatic carbocycles. The van der Waals surface area contributed by atoms with Crippen LogP contribution in [-0.4, -0.2) is 21.6 Å². The second kappa shape index (κ2) is 8.46. The first kappa shape index (κ1) is 20.2. The highest BCUT2D eigenvalue weighted by Gasteiger charge is 2.43. The fraction of sp³-hybridized carbons (Fsp3) is 0.192. The Morgan fingerprint density at radius 2 is 1.59 bits per heavy atom. The predicted molar refractivity (Wildman–Crippen MR) is 119 cm³/mol. The lowest BCUT2D eigenvalue weighted by atomic mass is 9.77. The Kier molecular flexibility index (Phi) is 5.35. The highest BCUT2D eigenvalue weighted by Crippen LogP contribution is 2.44. The van der Waals surface area contributed by atoms with Gasteiger partial charge in [0.05, 0.1) is 11.8 Å². The monoisotopic (exact) mass is 429 g/mol. The lowest BCUT2D eigenvalue weighted by Crippen LogP contribution is -2.31. The molecule has 1 amide bonds. The minimum Gasteiger partial charge on any atom is -0.267 e. The number of hydrogen-bond acceptors (Lipinski definition) is 3. The van der Waals surface area contributed by atoms with Gasteiger partial charge in [-0.15, -0.1) is 0 Å². The topological polar surface area (TPSA) is 45.6 Å². The van der Waals surface area contributed by atoms with Crippen LogP contribution in [0.1, 0.15) is 46.8 Å². The maximum atomic E-state index is 13.6. The molecule has 5 rings (SSSR count). The minimum absolute atomic E-state index is 0.00620. The van der Waals surface area contributed by atoms with Crippen molar-refractivity contribution in [2.75, 3.05) is 0 Å². The molecule has 32 heavy (non-hydrogen) atoms. The van der Waals surface area contributed by atoms with Crippen molar-refractivity contribution in [2.45, 2.75) is 25.3 Å². The molecule has 0 saturated heterocycles. The van der Waals surface area contributed by atoms with E-state index in [1.807, 2.05) is 6.08 Å². The van der Waals surface area contributed by atoms with E-state index in [-0.39, 0.29) is 29.5 Å². The van der Waals surface area contributed by atoms with Crippen LogP contribution < -0.4 is 0 Å². The molecule has 0 radical (unpaired) electrons. The van der Waals surface area contributed by atoms with E-state index in [2.05, 4.69) is 4.98 Å². The molecule has 3 aromatic rings. The molecule has 0 N–H and O–H groups in total. The minimum atomic E-state index is -0.319. The van der Waals surface area contributed by atoms with E-state index >= 15 is 0 Å². The Morgan fingerprint density at radius 1 is 0.938 bits per heavy atom. The maximum absolute atomic E-state index is 13.6. The summed E-state index contributed by atoms with van der Waals surface area (Å²) in [5.74, 6) is -0.811. The largest absolute Gasteiger partial charge is 0.274 e. The number of halogens is 2. The number of benzene rings is 2. The molecule has 2 aromatic carbocycles. The normalized spacial score (nSPS) is 21.4. The molecule has 2 aliphatic rings. The van der Waals surface area contributed by atoms with Crippen LogP contribution >= 0.6 is 0 Å². The summed E-state index contributed by atoms with van der Waals surface area (Å²) in [6, 6.07) is 15.6. The number of allylic oxidation sites excluding steroid dienone is 1. The summed E-state index contributed by atoms with van der Waals surface area (Å²) in [6.45, 7) is 0. The Labute approximate surface area is 184 Å². The Morgan fingerprint density at radius 3 is 2.28 bits per heavy atom. The molecule has 2 heterocycles. The van der Waals surface area contributed by atoms with Crippen LogP contribution in [0.15, 0.2) is 83.7 Å². The first-order valence-corrected chi connectivity index (χ1v) is 10.6. The highest BCUT2D eigenvalue weighted by atomic mass is 19.1. The number of fused-ring (bicyclic) bond motifs is 1. The standard InChI is InChI=1S/C26H21F2N3O/c27-21-8-4-17(5-9-21)16-20-2-1-3-23-24(20)30-31(26(32)19-12-14-29-15-13-19)25(23)18-6-10-22(28)11-7-18/h4-16,23,25H,1-3H2/b20-16+/t23-,25+/m0/s1. The van der Waals surface area contributed by atoms with Crippen LogP contribution in [0.3, 0.4) is 0 Å². The first-order valence-electron chi connectivity index (χ1n) is 10.6. The number of amides is 1. The predicted octanol–water partition coefficient (Wildman–Crippen LogP) is 5.80. The number of carbonyl (C=O) groups excluding carboxylic acids is 1. The SMILES string of the molecule is O=C(c1ccncc1)N1N=C2/C(=C/c3ccc(F)cc3)CCC[C@@H]2[C@H]1c1ccc(F)cc1. The molecule has 6 heteroatoms. The molecular weight excluding hydrogens is 408 g/mol. The van der Waals surface area contributed by atoms with Gasteiger partial charge in [0, 0.05) is 23.9 Å². The van der Waals surface area contributed by atoms with Gasteiger partial charge in [0.15, 0.2) is 0 Å². The van der Waals surface area contributed by atoms with Crippen LogP contribution in [0.4, 0.5) is 8.78 Å². The third kappa shape index (κ3) is 3.84. The van der Waals surface area contributed by atoms with Crippen LogP contribution in [0.25, 0.3) is 6.08 Å². The average molecular weight is 429 g/mol. The molecule has 1 aliphatic heterocycles. The summed E-state index contributed by atoms with van der Waals surface area (Å²) in [7, 11) is 0. The zero-order chi connectivity index (χ0) is 22.1. The zero-order valence-corrected chi connectivity index (χ0v) is 17.3. The van der Waals surface area contributed by atoms with Crippen molar-refractivity contribution in [3.05, 3.63) is 107 Å². The summed E-state index contributed by atoms with van der Waals surface area (Å²) in [4.78, 5) is 17.4. The van der Waals surface area contributed by atoms with Gasteiger partial charge in [-0.05, 0) is 78.4 Å². The van der Waals surface area contributed by atoms with Crippen LogP contribution in [0.5, 0.6) is 0 Å². The quantitative estimate of drug-likeness (QED) is 0.529. The fourth-order valence-electron chi connectivity index (χ4n) is 4.55. The van der Waals surface area contributed by atoms with Crippen molar-refractivity contribution in [3.8, 4) is 0 Å². The molecular formula is C26H21F2N3O. The molecule has 0 bridgehead atoms. The van der Waals surface area contributed by atoms with Crippen molar-refractivity contribution in [1.82, 2.24) is 9.99 Å². The lowest BCUT2D eigenvalue weighted by molar-refractivity contribution is 0.0680. The number of pyridine rings is 1. The van der Waals surface area contributed by atoms with Gasteiger partial charge in [0.1, 0.15) is 11.6 Å². The summed E-state index contributed by atoms with van der Waals surface area (Å²) in [6.07, 6.45) is 7.84. The zero-order valence-electron chi connectivity index (χ0n) is 17.3. The maximum Gasteiger partial charge on any atom is 0.274 e. The number of hydrogen-bond donors (Lipinski definition) is 0. The van der Waals surface area contributed by atoms with Gasteiger partial charge in [0.25, 0.3) is 5.91 Å². The van der Waals surface area contributed by atoms with Gasteiger partial charge >= 0.3 is 0 Å².